The Morgan fingerprint density at radius 3 is 2.73 bits per heavy atom. The molecule has 0 saturated carbocycles. The fraction of sp³-hybridized carbons (Fsp3) is 0.500. The molecule has 0 radical (unpaired) electrons. The van der Waals surface area contributed by atoms with Crippen LogP contribution in [0.4, 0.5) is 0 Å². The summed E-state index contributed by atoms with van der Waals surface area (Å²) in [4.78, 5) is 0. The fourth-order valence-corrected chi connectivity index (χ4v) is 1.56. The molecule has 1 aromatic rings. The highest BCUT2D eigenvalue weighted by Gasteiger charge is 2.34. The van der Waals surface area contributed by atoms with Crippen molar-refractivity contribution in [2.45, 2.75) is 13.5 Å². The second kappa shape index (κ2) is 4.21. The molecule has 3 nitrogen and oxygen atoms in total. The van der Waals surface area contributed by atoms with Crippen LogP contribution in [0, 0.1) is 5.41 Å². The molecular formula is C12H16O3. The summed E-state index contributed by atoms with van der Waals surface area (Å²) < 4.78 is 10.8. The molecule has 0 amide bonds. The van der Waals surface area contributed by atoms with E-state index in [4.69, 9.17) is 14.6 Å². The predicted octanol–water partition coefficient (Wildman–Crippen LogP) is 1.59. The SMILES string of the molecule is CC1(COc2ccccc2CO)COC1. The monoisotopic (exact) mass is 208 g/mol. The highest BCUT2D eigenvalue weighted by Crippen LogP contribution is 2.28. The summed E-state index contributed by atoms with van der Waals surface area (Å²) in [5.41, 5.74) is 0.976. The van der Waals surface area contributed by atoms with Gasteiger partial charge in [0.15, 0.2) is 0 Å². The minimum atomic E-state index is 0.0172. The molecule has 0 aromatic heterocycles. The normalized spacial score (nSPS) is 18.3. The van der Waals surface area contributed by atoms with Crippen molar-refractivity contribution in [3.8, 4) is 5.75 Å². The van der Waals surface area contributed by atoms with Gasteiger partial charge in [0.2, 0.25) is 0 Å². The average Bonchev–Trinajstić information content (AvgIpc) is 2.24. The lowest BCUT2D eigenvalue weighted by molar-refractivity contribution is -0.120. The molecule has 15 heavy (non-hydrogen) atoms. The third kappa shape index (κ3) is 2.30. The van der Waals surface area contributed by atoms with Crippen LogP contribution in [0.3, 0.4) is 0 Å². The second-order valence-electron chi connectivity index (χ2n) is 4.36. The average molecular weight is 208 g/mol. The molecule has 1 aliphatic rings. The minimum Gasteiger partial charge on any atom is -0.492 e. The number of aliphatic hydroxyl groups excluding tert-OH is 1. The van der Waals surface area contributed by atoms with Crippen molar-refractivity contribution < 1.29 is 14.6 Å². The molecule has 0 unspecified atom stereocenters. The second-order valence-corrected chi connectivity index (χ2v) is 4.36. The third-order valence-corrected chi connectivity index (χ3v) is 2.62. The van der Waals surface area contributed by atoms with Gasteiger partial charge in [-0.1, -0.05) is 25.1 Å². The lowest BCUT2D eigenvalue weighted by Gasteiger charge is -2.37. The highest BCUT2D eigenvalue weighted by molar-refractivity contribution is 5.32. The smallest absolute Gasteiger partial charge is 0.124 e. The van der Waals surface area contributed by atoms with Crippen molar-refractivity contribution in [1.29, 1.82) is 0 Å². The molecule has 82 valence electrons. The van der Waals surface area contributed by atoms with Crippen molar-refractivity contribution >= 4 is 0 Å². The molecule has 0 aliphatic carbocycles. The number of benzene rings is 1. The summed E-state index contributed by atoms with van der Waals surface area (Å²) in [6.07, 6.45) is 0. The molecule has 0 atom stereocenters. The van der Waals surface area contributed by atoms with Crippen LogP contribution < -0.4 is 4.74 Å². The quantitative estimate of drug-likeness (QED) is 0.816. The highest BCUT2D eigenvalue weighted by atomic mass is 16.5. The van der Waals surface area contributed by atoms with Crippen molar-refractivity contribution in [2.75, 3.05) is 19.8 Å². The summed E-state index contributed by atoms with van der Waals surface area (Å²) in [5.74, 6) is 0.771. The number of aliphatic hydroxyl groups is 1. The molecule has 2 rings (SSSR count). The van der Waals surface area contributed by atoms with Crippen LogP contribution in [0.1, 0.15) is 12.5 Å². The van der Waals surface area contributed by atoms with Gasteiger partial charge in [0.05, 0.1) is 26.4 Å². The van der Waals surface area contributed by atoms with Crippen molar-refractivity contribution in [1.82, 2.24) is 0 Å². The zero-order valence-corrected chi connectivity index (χ0v) is 8.90. The standard InChI is InChI=1S/C12H16O3/c1-12(7-14-8-12)9-15-11-5-3-2-4-10(11)6-13/h2-5,13H,6-9H2,1H3. The van der Waals surface area contributed by atoms with Gasteiger partial charge in [0.1, 0.15) is 5.75 Å². The van der Waals surface area contributed by atoms with Crippen LogP contribution in [0.15, 0.2) is 24.3 Å². The zero-order chi connectivity index (χ0) is 10.7. The Labute approximate surface area is 89.6 Å². The van der Waals surface area contributed by atoms with Crippen LogP contribution in [0.5, 0.6) is 5.75 Å². The molecule has 1 heterocycles. The van der Waals surface area contributed by atoms with Gasteiger partial charge < -0.3 is 14.6 Å². The molecule has 3 heteroatoms. The van der Waals surface area contributed by atoms with E-state index in [2.05, 4.69) is 6.92 Å². The summed E-state index contributed by atoms with van der Waals surface area (Å²) in [7, 11) is 0. The third-order valence-electron chi connectivity index (χ3n) is 2.62. The van der Waals surface area contributed by atoms with Gasteiger partial charge in [0.25, 0.3) is 0 Å². The van der Waals surface area contributed by atoms with Gasteiger partial charge >= 0.3 is 0 Å². The Morgan fingerprint density at radius 1 is 1.40 bits per heavy atom. The van der Waals surface area contributed by atoms with Gasteiger partial charge in [-0.3, -0.25) is 0 Å². The Balaban J connectivity index is 1.98. The van der Waals surface area contributed by atoms with Crippen molar-refractivity contribution in [3.05, 3.63) is 29.8 Å². The van der Waals surface area contributed by atoms with E-state index in [1.165, 1.54) is 0 Å². The molecule has 1 saturated heterocycles. The Kier molecular flexibility index (Phi) is 2.93. The predicted molar refractivity (Wildman–Crippen MR) is 56.8 cm³/mol. The van der Waals surface area contributed by atoms with E-state index in [1.807, 2.05) is 24.3 Å². The molecule has 1 aromatic carbocycles. The van der Waals surface area contributed by atoms with Crippen LogP contribution in [0.25, 0.3) is 0 Å². The molecule has 1 aliphatic heterocycles. The lowest BCUT2D eigenvalue weighted by atomic mass is 9.90. The summed E-state index contributed by atoms with van der Waals surface area (Å²) in [6, 6.07) is 7.56. The molecule has 1 N–H and O–H groups in total. The van der Waals surface area contributed by atoms with Gasteiger partial charge in [0, 0.05) is 11.0 Å². The molecular weight excluding hydrogens is 192 g/mol. The summed E-state index contributed by atoms with van der Waals surface area (Å²) in [6.45, 7) is 4.31. The maximum Gasteiger partial charge on any atom is 0.124 e. The van der Waals surface area contributed by atoms with Gasteiger partial charge in [-0.2, -0.15) is 0 Å². The number of para-hydroxylation sites is 1. The van der Waals surface area contributed by atoms with E-state index >= 15 is 0 Å². The first-order chi connectivity index (χ1) is 7.23. The number of hydrogen-bond acceptors (Lipinski definition) is 3. The minimum absolute atomic E-state index is 0.0172. The lowest BCUT2D eigenvalue weighted by Crippen LogP contribution is -2.44. The number of rotatable bonds is 4. The first-order valence-corrected chi connectivity index (χ1v) is 5.13. The van der Waals surface area contributed by atoms with E-state index in [0.29, 0.717) is 6.61 Å². The Bertz CT molecular complexity index is 331. The summed E-state index contributed by atoms with van der Waals surface area (Å²) in [5, 5.41) is 9.11. The maximum absolute atomic E-state index is 9.11. The van der Waals surface area contributed by atoms with Crippen molar-refractivity contribution in [3.63, 3.8) is 0 Å². The topological polar surface area (TPSA) is 38.7 Å². The van der Waals surface area contributed by atoms with Crippen LogP contribution in [-0.4, -0.2) is 24.9 Å². The van der Waals surface area contributed by atoms with E-state index < -0.39 is 0 Å². The number of hydrogen-bond donors (Lipinski definition) is 1. The van der Waals surface area contributed by atoms with Crippen molar-refractivity contribution in [2.24, 2.45) is 5.41 Å². The fourth-order valence-electron chi connectivity index (χ4n) is 1.56. The van der Waals surface area contributed by atoms with E-state index in [9.17, 15) is 0 Å². The zero-order valence-electron chi connectivity index (χ0n) is 8.90. The van der Waals surface area contributed by atoms with E-state index in [0.717, 1.165) is 24.5 Å². The van der Waals surface area contributed by atoms with Crippen LogP contribution in [0.2, 0.25) is 0 Å². The van der Waals surface area contributed by atoms with E-state index in [1.54, 1.807) is 0 Å². The van der Waals surface area contributed by atoms with Crippen LogP contribution >= 0.6 is 0 Å². The largest absolute Gasteiger partial charge is 0.492 e. The first kappa shape index (κ1) is 10.5. The Morgan fingerprint density at radius 2 is 2.13 bits per heavy atom. The Hall–Kier alpha value is -1.06. The van der Waals surface area contributed by atoms with Gasteiger partial charge in [-0.15, -0.1) is 0 Å². The van der Waals surface area contributed by atoms with Gasteiger partial charge in [-0.25, -0.2) is 0 Å². The first-order valence-electron chi connectivity index (χ1n) is 5.13. The number of ether oxygens (including phenoxy) is 2. The van der Waals surface area contributed by atoms with E-state index in [-0.39, 0.29) is 12.0 Å². The molecule has 0 spiro atoms. The maximum atomic E-state index is 9.11. The van der Waals surface area contributed by atoms with Crippen LogP contribution in [-0.2, 0) is 11.3 Å². The molecule has 0 bridgehead atoms. The molecule has 1 fully saturated rings. The van der Waals surface area contributed by atoms with Gasteiger partial charge in [-0.05, 0) is 6.07 Å². The summed E-state index contributed by atoms with van der Waals surface area (Å²) >= 11 is 0.